The van der Waals surface area contributed by atoms with E-state index in [1.165, 1.54) is 0 Å². The number of aliphatic carboxylic acids is 1. The fraction of sp³-hybridized carbons (Fsp3) is 0.750. The first-order valence-corrected chi connectivity index (χ1v) is 6.92. The van der Waals surface area contributed by atoms with Crippen molar-refractivity contribution in [3.8, 4) is 0 Å². The molecule has 0 heterocycles. The second-order valence-corrected chi connectivity index (χ2v) is 5.01. The zero-order valence-corrected chi connectivity index (χ0v) is 12.8. The van der Waals surface area contributed by atoms with Crippen LogP contribution in [-0.2, 0) is 14.3 Å². The lowest BCUT2D eigenvalue weighted by Gasteiger charge is -2.30. The summed E-state index contributed by atoms with van der Waals surface area (Å²) < 4.78 is 4.94. The molecule has 11 heteroatoms. The number of hydrogen-bond acceptors (Lipinski definition) is 8. The maximum atomic E-state index is 11.7. The molecule has 0 bridgehead atoms. The molecule has 0 fully saturated rings. The van der Waals surface area contributed by atoms with E-state index in [4.69, 9.17) is 27.0 Å². The van der Waals surface area contributed by atoms with Crippen molar-refractivity contribution in [1.29, 1.82) is 0 Å². The van der Waals surface area contributed by atoms with E-state index in [0.717, 1.165) is 0 Å². The smallest absolute Gasteiger partial charge is 0.322 e. The minimum Gasteiger partial charge on any atom is -0.480 e. The number of esters is 1. The van der Waals surface area contributed by atoms with Gasteiger partial charge in [-0.05, 0) is 12.8 Å². The van der Waals surface area contributed by atoms with Gasteiger partial charge in [0.2, 0.25) is 0 Å². The van der Waals surface area contributed by atoms with Crippen LogP contribution in [0.15, 0.2) is 4.99 Å². The predicted octanol–water partition coefficient (Wildman–Crippen LogP) is -3.69. The SMILES string of the molecule is NC(N)=NCCC[C@H](N)C(=O)OCC(CO)(CO)NCC(=O)O. The third-order valence-corrected chi connectivity index (χ3v) is 2.98. The summed E-state index contributed by atoms with van der Waals surface area (Å²) in [5.41, 5.74) is 14.5. The minimum absolute atomic E-state index is 0.0543. The topological polar surface area (TPSA) is 207 Å². The Morgan fingerprint density at radius 1 is 1.26 bits per heavy atom. The van der Waals surface area contributed by atoms with Crippen molar-refractivity contribution in [1.82, 2.24) is 5.32 Å². The molecule has 0 amide bonds. The first kappa shape index (κ1) is 21.0. The maximum absolute atomic E-state index is 11.7. The molecule has 0 rings (SSSR count). The Morgan fingerprint density at radius 3 is 2.35 bits per heavy atom. The highest BCUT2D eigenvalue weighted by Gasteiger charge is 2.31. The van der Waals surface area contributed by atoms with Gasteiger partial charge in [0.1, 0.15) is 12.6 Å². The van der Waals surface area contributed by atoms with Gasteiger partial charge in [0, 0.05) is 6.54 Å². The first-order chi connectivity index (χ1) is 10.8. The van der Waals surface area contributed by atoms with Gasteiger partial charge in [0.25, 0.3) is 0 Å². The summed E-state index contributed by atoms with van der Waals surface area (Å²) in [5.74, 6) is -1.97. The quantitative estimate of drug-likeness (QED) is 0.0803. The largest absolute Gasteiger partial charge is 0.480 e. The number of nitrogens with zero attached hydrogens (tertiary/aromatic N) is 1. The molecule has 11 nitrogen and oxygen atoms in total. The van der Waals surface area contributed by atoms with E-state index in [0.29, 0.717) is 13.0 Å². The number of nitrogens with two attached hydrogens (primary N) is 3. The Bertz CT molecular complexity index is 409. The number of guanidine groups is 1. The second-order valence-electron chi connectivity index (χ2n) is 5.01. The zero-order valence-electron chi connectivity index (χ0n) is 12.8. The summed E-state index contributed by atoms with van der Waals surface area (Å²) >= 11 is 0. The van der Waals surface area contributed by atoms with Crippen LogP contribution < -0.4 is 22.5 Å². The van der Waals surface area contributed by atoms with Gasteiger partial charge in [-0.3, -0.25) is 19.9 Å². The van der Waals surface area contributed by atoms with E-state index in [9.17, 15) is 19.8 Å². The molecule has 0 aliphatic rings. The zero-order chi connectivity index (χ0) is 17.9. The van der Waals surface area contributed by atoms with Crippen LogP contribution in [0.3, 0.4) is 0 Å². The van der Waals surface area contributed by atoms with Crippen LogP contribution in [0.25, 0.3) is 0 Å². The Morgan fingerprint density at radius 2 is 1.87 bits per heavy atom. The second kappa shape index (κ2) is 10.7. The number of aliphatic hydroxyl groups excluding tert-OH is 2. The number of carboxylic acids is 1. The molecule has 0 aromatic heterocycles. The first-order valence-electron chi connectivity index (χ1n) is 6.92. The highest BCUT2D eigenvalue weighted by molar-refractivity contribution is 5.76. The number of carboxylic acid groups (broad SMARTS) is 1. The van der Waals surface area contributed by atoms with Gasteiger partial charge in [-0.1, -0.05) is 0 Å². The fourth-order valence-electron chi connectivity index (χ4n) is 1.52. The monoisotopic (exact) mass is 335 g/mol. The van der Waals surface area contributed by atoms with Crippen LogP contribution >= 0.6 is 0 Å². The maximum Gasteiger partial charge on any atom is 0.322 e. The molecule has 10 N–H and O–H groups in total. The number of aliphatic imine (C=N–C) groups is 1. The normalized spacial score (nSPS) is 12.5. The van der Waals surface area contributed by atoms with Crippen LogP contribution in [0.4, 0.5) is 0 Å². The number of carbonyl (C=O) groups excluding carboxylic acids is 1. The van der Waals surface area contributed by atoms with Gasteiger partial charge in [0.05, 0.1) is 25.3 Å². The fourth-order valence-corrected chi connectivity index (χ4v) is 1.52. The van der Waals surface area contributed by atoms with Crippen molar-refractivity contribution in [2.75, 3.05) is 32.9 Å². The Hall–Kier alpha value is -1.95. The summed E-state index contributed by atoms with van der Waals surface area (Å²) in [6.45, 7) is -1.86. The molecule has 0 unspecified atom stereocenters. The van der Waals surface area contributed by atoms with Gasteiger partial charge in [-0.25, -0.2) is 0 Å². The molecule has 1 atom stereocenters. The Kier molecular flexibility index (Phi) is 9.81. The molecule has 0 aromatic carbocycles. The lowest BCUT2D eigenvalue weighted by atomic mass is 10.0. The van der Waals surface area contributed by atoms with E-state index in [1.807, 2.05) is 0 Å². The Labute approximate surface area is 133 Å². The Balaban J connectivity index is 4.34. The summed E-state index contributed by atoms with van der Waals surface area (Å²) in [4.78, 5) is 26.0. The molecular formula is C12H25N5O6. The van der Waals surface area contributed by atoms with Gasteiger partial charge in [0.15, 0.2) is 5.96 Å². The van der Waals surface area contributed by atoms with E-state index in [-0.39, 0.29) is 12.4 Å². The van der Waals surface area contributed by atoms with Gasteiger partial charge in [-0.15, -0.1) is 0 Å². The summed E-state index contributed by atoms with van der Waals surface area (Å²) in [7, 11) is 0. The molecule has 0 saturated heterocycles. The average Bonchev–Trinajstić information content (AvgIpc) is 2.51. The number of rotatable bonds is 12. The summed E-state index contributed by atoms with van der Waals surface area (Å²) in [5, 5.41) is 29.6. The van der Waals surface area contributed by atoms with Crippen LogP contribution in [0.1, 0.15) is 12.8 Å². The van der Waals surface area contributed by atoms with Crippen molar-refractivity contribution < 1.29 is 29.6 Å². The number of aliphatic hydroxyl groups is 2. The molecular weight excluding hydrogens is 310 g/mol. The highest BCUT2D eigenvalue weighted by Crippen LogP contribution is 2.06. The standard InChI is InChI=1S/C12H25N5O6/c13-8(2-1-3-16-11(14)15)10(22)23-7-12(5-18,6-19)17-4-9(20)21/h8,17-19H,1-7,13H2,(H,20,21)(H4,14,15,16)/t8-/m0/s1. The number of nitrogens with one attached hydrogen (secondary N) is 1. The van der Waals surface area contributed by atoms with Crippen LogP contribution in [0, 0.1) is 0 Å². The molecule has 0 aromatic rings. The van der Waals surface area contributed by atoms with E-state index in [2.05, 4.69) is 10.3 Å². The van der Waals surface area contributed by atoms with E-state index in [1.54, 1.807) is 0 Å². The van der Waals surface area contributed by atoms with Crippen LogP contribution in [0.5, 0.6) is 0 Å². The minimum atomic E-state index is -1.45. The number of carbonyl (C=O) groups is 2. The lowest BCUT2D eigenvalue weighted by molar-refractivity contribution is -0.149. The van der Waals surface area contributed by atoms with Crippen molar-refractivity contribution >= 4 is 17.9 Å². The van der Waals surface area contributed by atoms with Crippen molar-refractivity contribution in [2.45, 2.75) is 24.4 Å². The average molecular weight is 335 g/mol. The van der Waals surface area contributed by atoms with Gasteiger partial charge in [-0.2, -0.15) is 0 Å². The van der Waals surface area contributed by atoms with Gasteiger partial charge >= 0.3 is 11.9 Å². The molecule has 0 aliphatic carbocycles. The lowest BCUT2D eigenvalue weighted by Crippen LogP contribution is -2.57. The number of ether oxygens (including phenoxy) is 1. The van der Waals surface area contributed by atoms with E-state index < -0.39 is 49.9 Å². The molecule has 134 valence electrons. The summed E-state index contributed by atoms with van der Waals surface area (Å²) in [6, 6.07) is -0.918. The third-order valence-electron chi connectivity index (χ3n) is 2.98. The van der Waals surface area contributed by atoms with Gasteiger partial charge < -0.3 is 37.3 Å². The predicted molar refractivity (Wildman–Crippen MR) is 81.4 cm³/mol. The van der Waals surface area contributed by atoms with E-state index >= 15 is 0 Å². The van der Waals surface area contributed by atoms with Crippen LogP contribution in [0.2, 0.25) is 0 Å². The molecule has 0 spiro atoms. The molecule has 0 radical (unpaired) electrons. The number of hydrogen-bond donors (Lipinski definition) is 7. The highest BCUT2D eigenvalue weighted by atomic mass is 16.5. The van der Waals surface area contributed by atoms with Crippen LogP contribution in [-0.4, -0.2) is 77.7 Å². The third kappa shape index (κ3) is 8.93. The molecule has 23 heavy (non-hydrogen) atoms. The van der Waals surface area contributed by atoms with Crippen molar-refractivity contribution in [3.63, 3.8) is 0 Å². The van der Waals surface area contributed by atoms with Crippen molar-refractivity contribution in [3.05, 3.63) is 0 Å². The van der Waals surface area contributed by atoms with Crippen molar-refractivity contribution in [2.24, 2.45) is 22.2 Å². The summed E-state index contributed by atoms with van der Waals surface area (Å²) in [6.07, 6.45) is 0.750. The molecule has 0 saturated carbocycles. The molecule has 0 aliphatic heterocycles.